The van der Waals surface area contributed by atoms with Crippen LogP contribution in [0.1, 0.15) is 24.8 Å². The fourth-order valence-corrected chi connectivity index (χ4v) is 5.70. The van der Waals surface area contributed by atoms with Crippen LogP contribution in [0.3, 0.4) is 0 Å². The van der Waals surface area contributed by atoms with Gasteiger partial charge in [0.2, 0.25) is 5.91 Å². The molecule has 3 aliphatic rings. The number of carbonyl (C=O) groups excluding carboxylic acids is 2. The molecule has 2 amide bonds. The first-order valence-electron chi connectivity index (χ1n) is 14.0. The van der Waals surface area contributed by atoms with Crippen molar-refractivity contribution in [2.45, 2.75) is 25.7 Å². The second-order valence-corrected chi connectivity index (χ2v) is 11.0. The summed E-state index contributed by atoms with van der Waals surface area (Å²) in [5.41, 5.74) is 2.80. The fourth-order valence-electron chi connectivity index (χ4n) is 5.28. The molecule has 11 heteroatoms. The molecule has 216 valence electrons. The molecule has 0 aliphatic carbocycles. The maximum absolute atomic E-state index is 12.7. The molecule has 2 aromatic carbocycles. The van der Waals surface area contributed by atoms with Gasteiger partial charge in [-0.3, -0.25) is 14.6 Å². The lowest BCUT2D eigenvalue weighted by Gasteiger charge is -2.36. The lowest BCUT2D eigenvalue weighted by atomic mass is 10.0. The summed E-state index contributed by atoms with van der Waals surface area (Å²) in [6.45, 7) is 7.29. The first-order valence-corrected chi connectivity index (χ1v) is 14.7. The van der Waals surface area contributed by atoms with E-state index in [9.17, 15) is 9.59 Å². The van der Waals surface area contributed by atoms with Crippen molar-refractivity contribution >= 4 is 46.6 Å². The Hall–Kier alpha value is -2.72. The molecule has 2 saturated heterocycles. The highest BCUT2D eigenvalue weighted by Gasteiger charge is 2.27. The molecule has 0 bridgehead atoms. The average Bonchev–Trinajstić information content (AvgIpc) is 2.98. The first-order chi connectivity index (χ1) is 19.5. The minimum Gasteiger partial charge on any atom is -0.494 e. The zero-order valence-corrected chi connectivity index (χ0v) is 24.2. The van der Waals surface area contributed by atoms with Crippen molar-refractivity contribution in [3.8, 4) is 5.75 Å². The summed E-state index contributed by atoms with van der Waals surface area (Å²) in [4.78, 5) is 33.0. The van der Waals surface area contributed by atoms with E-state index in [1.165, 1.54) is 0 Å². The third-order valence-electron chi connectivity index (χ3n) is 7.62. The standard InChI is InChI=1S/C29H36Cl2N4O5/c30-24-4-3-5-25(28(24)31)33-13-11-32(12-14-33)10-1-2-17-39-23-8-6-22-7-9-27(36)35(26(22)20-23)21-40-29(37)34-15-18-38-19-16-34/h3-6,8,20H,1-2,7,9-19,21H2. The molecule has 0 N–H and O–H groups in total. The van der Waals surface area contributed by atoms with E-state index >= 15 is 0 Å². The van der Waals surface area contributed by atoms with Crippen LogP contribution in [0, 0.1) is 0 Å². The van der Waals surface area contributed by atoms with E-state index in [1.807, 2.05) is 36.4 Å². The van der Waals surface area contributed by atoms with Gasteiger partial charge in [-0.2, -0.15) is 0 Å². The Morgan fingerprint density at radius 3 is 2.52 bits per heavy atom. The van der Waals surface area contributed by atoms with E-state index in [2.05, 4.69) is 9.80 Å². The van der Waals surface area contributed by atoms with E-state index in [0.29, 0.717) is 61.5 Å². The van der Waals surface area contributed by atoms with Gasteiger partial charge in [0.25, 0.3) is 0 Å². The number of nitrogens with zero attached hydrogens (tertiary/aromatic N) is 4. The third kappa shape index (κ3) is 7.13. The molecule has 0 radical (unpaired) electrons. The number of benzene rings is 2. The molecule has 0 unspecified atom stereocenters. The second kappa shape index (κ2) is 13.8. The highest BCUT2D eigenvalue weighted by molar-refractivity contribution is 6.43. The predicted molar refractivity (Wildman–Crippen MR) is 156 cm³/mol. The molecule has 0 aromatic heterocycles. The van der Waals surface area contributed by atoms with Crippen LogP contribution in [0.2, 0.25) is 10.0 Å². The topological polar surface area (TPSA) is 74.8 Å². The number of amides is 2. The molecular weight excluding hydrogens is 555 g/mol. The minimum atomic E-state index is -0.426. The molecule has 40 heavy (non-hydrogen) atoms. The van der Waals surface area contributed by atoms with Gasteiger partial charge >= 0.3 is 6.09 Å². The highest BCUT2D eigenvalue weighted by Crippen LogP contribution is 2.33. The summed E-state index contributed by atoms with van der Waals surface area (Å²) in [6.07, 6.45) is 2.59. The molecule has 5 rings (SSSR count). The quantitative estimate of drug-likeness (QED) is 0.392. The molecule has 3 aliphatic heterocycles. The summed E-state index contributed by atoms with van der Waals surface area (Å²) in [7, 11) is 0. The minimum absolute atomic E-state index is 0.0582. The van der Waals surface area contributed by atoms with E-state index in [0.717, 1.165) is 62.5 Å². The Morgan fingerprint density at radius 1 is 0.925 bits per heavy atom. The Bertz CT molecular complexity index is 1190. The van der Waals surface area contributed by atoms with Crippen molar-refractivity contribution in [1.29, 1.82) is 0 Å². The maximum atomic E-state index is 12.7. The number of ether oxygens (including phenoxy) is 3. The van der Waals surface area contributed by atoms with Gasteiger partial charge in [0, 0.05) is 51.8 Å². The Morgan fingerprint density at radius 2 is 1.73 bits per heavy atom. The molecular formula is C29H36Cl2N4O5. The molecule has 0 spiro atoms. The molecule has 3 heterocycles. The Labute approximate surface area is 245 Å². The van der Waals surface area contributed by atoms with Crippen LogP contribution in [-0.2, 0) is 20.7 Å². The smallest absolute Gasteiger partial charge is 0.411 e. The molecule has 0 saturated carbocycles. The normalized spacial score (nSPS) is 18.1. The van der Waals surface area contributed by atoms with Crippen molar-refractivity contribution in [3.63, 3.8) is 0 Å². The van der Waals surface area contributed by atoms with Crippen LogP contribution in [0.5, 0.6) is 5.75 Å². The van der Waals surface area contributed by atoms with Crippen LogP contribution in [-0.4, -0.2) is 94.2 Å². The highest BCUT2D eigenvalue weighted by atomic mass is 35.5. The van der Waals surface area contributed by atoms with Gasteiger partial charge in [-0.15, -0.1) is 0 Å². The fraction of sp³-hybridized carbons (Fsp3) is 0.517. The van der Waals surface area contributed by atoms with E-state index < -0.39 is 6.09 Å². The summed E-state index contributed by atoms with van der Waals surface area (Å²) in [5, 5.41) is 1.21. The molecule has 9 nitrogen and oxygen atoms in total. The van der Waals surface area contributed by atoms with E-state index in [1.54, 1.807) is 9.80 Å². The van der Waals surface area contributed by atoms with Crippen LogP contribution in [0.4, 0.5) is 16.2 Å². The van der Waals surface area contributed by atoms with Gasteiger partial charge < -0.3 is 24.0 Å². The lowest BCUT2D eigenvalue weighted by molar-refractivity contribution is -0.119. The van der Waals surface area contributed by atoms with Gasteiger partial charge in [-0.1, -0.05) is 35.3 Å². The van der Waals surface area contributed by atoms with Gasteiger partial charge in [0.05, 0.1) is 41.2 Å². The number of unbranched alkanes of at least 4 members (excludes halogenated alkanes) is 1. The van der Waals surface area contributed by atoms with Crippen molar-refractivity contribution in [1.82, 2.24) is 9.80 Å². The van der Waals surface area contributed by atoms with Crippen LogP contribution in [0.15, 0.2) is 36.4 Å². The number of fused-ring (bicyclic) bond motifs is 1. The Kier molecular flexibility index (Phi) is 9.91. The largest absolute Gasteiger partial charge is 0.494 e. The van der Waals surface area contributed by atoms with Gasteiger partial charge in [0.1, 0.15) is 5.75 Å². The first kappa shape index (κ1) is 28.8. The monoisotopic (exact) mass is 590 g/mol. The van der Waals surface area contributed by atoms with Crippen LogP contribution in [0.25, 0.3) is 0 Å². The van der Waals surface area contributed by atoms with E-state index in [-0.39, 0.29) is 12.6 Å². The van der Waals surface area contributed by atoms with Gasteiger partial charge in [-0.25, -0.2) is 4.79 Å². The number of halogens is 2. The number of piperazine rings is 1. The molecule has 0 atom stereocenters. The number of anilines is 2. The van der Waals surface area contributed by atoms with Crippen molar-refractivity contribution in [3.05, 3.63) is 52.0 Å². The summed E-state index contributed by atoms with van der Waals surface area (Å²) in [5.74, 6) is 0.655. The average molecular weight is 592 g/mol. The number of morpholine rings is 1. The van der Waals surface area contributed by atoms with Crippen LogP contribution >= 0.6 is 23.2 Å². The maximum Gasteiger partial charge on any atom is 0.411 e. The number of hydrogen-bond donors (Lipinski definition) is 0. The third-order valence-corrected chi connectivity index (χ3v) is 8.43. The van der Waals surface area contributed by atoms with Crippen molar-refractivity contribution < 1.29 is 23.8 Å². The number of rotatable bonds is 9. The lowest BCUT2D eigenvalue weighted by Crippen LogP contribution is -2.46. The van der Waals surface area contributed by atoms with Crippen LogP contribution < -0.4 is 14.5 Å². The SMILES string of the molecule is O=C(OCN1C(=O)CCc2ccc(OCCCCN3CCN(c4cccc(Cl)c4Cl)CC3)cc21)N1CCOCC1. The second-order valence-electron chi connectivity index (χ2n) is 10.2. The van der Waals surface area contributed by atoms with Gasteiger partial charge in [-0.05, 0) is 49.6 Å². The zero-order valence-electron chi connectivity index (χ0n) is 22.7. The van der Waals surface area contributed by atoms with Crippen molar-refractivity contribution in [2.24, 2.45) is 0 Å². The number of hydrogen-bond acceptors (Lipinski definition) is 7. The predicted octanol–water partition coefficient (Wildman–Crippen LogP) is 4.68. The zero-order chi connectivity index (χ0) is 27.9. The summed E-state index contributed by atoms with van der Waals surface area (Å²) in [6, 6.07) is 11.6. The number of aryl methyl sites for hydroxylation is 1. The van der Waals surface area contributed by atoms with Gasteiger partial charge in [0.15, 0.2) is 6.73 Å². The Balaban J connectivity index is 1.05. The van der Waals surface area contributed by atoms with E-state index in [4.69, 9.17) is 37.4 Å². The summed E-state index contributed by atoms with van der Waals surface area (Å²) < 4.78 is 16.8. The molecule has 2 fully saturated rings. The molecule has 2 aromatic rings. The number of carbonyl (C=O) groups is 2. The van der Waals surface area contributed by atoms with Crippen molar-refractivity contribution in [2.75, 3.05) is 82.2 Å². The summed E-state index contributed by atoms with van der Waals surface area (Å²) >= 11 is 12.6.